The predicted octanol–water partition coefficient (Wildman–Crippen LogP) is 2.78. The Labute approximate surface area is 146 Å². The predicted molar refractivity (Wildman–Crippen MR) is 91.6 cm³/mol. The molecular formula is C18H20F2N2O2S. The van der Waals surface area contributed by atoms with Crippen molar-refractivity contribution >= 4 is 10.0 Å². The minimum Gasteiger partial charge on any atom is -0.296 e. The SMILES string of the molecule is Cc1ccc(CN2CCN(S(=O)(=O)c3cc(F)ccc3F)CC2)cc1. The van der Waals surface area contributed by atoms with E-state index >= 15 is 0 Å². The summed E-state index contributed by atoms with van der Waals surface area (Å²) in [6, 6.07) is 10.7. The van der Waals surface area contributed by atoms with Gasteiger partial charge >= 0.3 is 0 Å². The standard InChI is InChI=1S/C18H20F2N2O2S/c1-14-2-4-15(5-3-14)13-21-8-10-22(11-9-21)25(23,24)18-12-16(19)6-7-17(18)20/h2-7,12H,8-11,13H2,1H3. The Balaban J connectivity index is 1.67. The third-order valence-corrected chi connectivity index (χ3v) is 6.28. The maximum absolute atomic E-state index is 13.8. The summed E-state index contributed by atoms with van der Waals surface area (Å²) >= 11 is 0. The van der Waals surface area contributed by atoms with Gasteiger partial charge in [0.15, 0.2) is 0 Å². The Morgan fingerprint density at radius 1 is 0.960 bits per heavy atom. The van der Waals surface area contributed by atoms with E-state index < -0.39 is 26.6 Å². The molecule has 1 aliphatic rings. The van der Waals surface area contributed by atoms with E-state index in [0.29, 0.717) is 13.1 Å². The number of piperazine rings is 1. The molecule has 25 heavy (non-hydrogen) atoms. The fourth-order valence-electron chi connectivity index (χ4n) is 2.89. The monoisotopic (exact) mass is 366 g/mol. The van der Waals surface area contributed by atoms with Crippen LogP contribution in [-0.2, 0) is 16.6 Å². The van der Waals surface area contributed by atoms with Crippen molar-refractivity contribution in [3.63, 3.8) is 0 Å². The highest BCUT2D eigenvalue weighted by Gasteiger charge is 2.30. The molecule has 4 nitrogen and oxygen atoms in total. The lowest BCUT2D eigenvalue weighted by Crippen LogP contribution is -2.48. The number of nitrogens with zero attached hydrogens (tertiary/aromatic N) is 2. The first-order chi connectivity index (χ1) is 11.9. The number of halogens is 2. The normalized spacial score (nSPS) is 16.9. The third-order valence-electron chi connectivity index (χ3n) is 4.37. The molecule has 2 aromatic carbocycles. The molecule has 0 N–H and O–H groups in total. The van der Waals surface area contributed by atoms with E-state index in [4.69, 9.17) is 0 Å². The van der Waals surface area contributed by atoms with Crippen LogP contribution in [0.15, 0.2) is 47.4 Å². The lowest BCUT2D eigenvalue weighted by molar-refractivity contribution is 0.181. The Morgan fingerprint density at radius 2 is 1.60 bits per heavy atom. The molecule has 0 spiro atoms. The Kier molecular flexibility index (Phi) is 5.17. The van der Waals surface area contributed by atoms with Crippen molar-refractivity contribution in [3.05, 3.63) is 65.2 Å². The van der Waals surface area contributed by atoms with Crippen molar-refractivity contribution in [2.75, 3.05) is 26.2 Å². The van der Waals surface area contributed by atoms with Gasteiger partial charge in [0.1, 0.15) is 16.5 Å². The highest BCUT2D eigenvalue weighted by molar-refractivity contribution is 7.89. The highest BCUT2D eigenvalue weighted by atomic mass is 32.2. The number of sulfonamides is 1. The largest absolute Gasteiger partial charge is 0.296 e. The molecule has 7 heteroatoms. The molecule has 1 fully saturated rings. The van der Waals surface area contributed by atoms with Gasteiger partial charge in [0.2, 0.25) is 10.0 Å². The van der Waals surface area contributed by atoms with Crippen molar-refractivity contribution in [1.29, 1.82) is 0 Å². The quantitative estimate of drug-likeness (QED) is 0.836. The molecule has 0 bridgehead atoms. The maximum atomic E-state index is 13.8. The summed E-state index contributed by atoms with van der Waals surface area (Å²) < 4.78 is 53.5. The third kappa shape index (κ3) is 4.05. The van der Waals surface area contributed by atoms with E-state index in [1.807, 2.05) is 19.1 Å². The minimum atomic E-state index is -4.03. The van der Waals surface area contributed by atoms with Crippen LogP contribution in [0.1, 0.15) is 11.1 Å². The smallest absolute Gasteiger partial charge is 0.246 e. The van der Waals surface area contributed by atoms with Gasteiger partial charge in [-0.05, 0) is 30.7 Å². The summed E-state index contributed by atoms with van der Waals surface area (Å²) in [6.07, 6.45) is 0. The van der Waals surface area contributed by atoms with E-state index in [9.17, 15) is 17.2 Å². The van der Waals surface area contributed by atoms with Crippen molar-refractivity contribution in [2.24, 2.45) is 0 Å². The van der Waals surface area contributed by atoms with E-state index in [2.05, 4.69) is 17.0 Å². The molecule has 0 atom stereocenters. The number of rotatable bonds is 4. The van der Waals surface area contributed by atoms with Crippen LogP contribution in [0.2, 0.25) is 0 Å². The Morgan fingerprint density at radius 3 is 2.24 bits per heavy atom. The first-order valence-corrected chi connectivity index (χ1v) is 9.53. The summed E-state index contributed by atoms with van der Waals surface area (Å²) in [6.45, 7) is 4.36. The second kappa shape index (κ2) is 7.19. The Bertz CT molecular complexity index is 846. The number of hydrogen-bond donors (Lipinski definition) is 0. The summed E-state index contributed by atoms with van der Waals surface area (Å²) in [5.74, 6) is -1.69. The fourth-order valence-corrected chi connectivity index (χ4v) is 4.39. The lowest BCUT2D eigenvalue weighted by Gasteiger charge is -2.34. The molecule has 0 radical (unpaired) electrons. The molecule has 2 aromatic rings. The van der Waals surface area contributed by atoms with E-state index in [0.717, 1.165) is 30.3 Å². The molecule has 1 heterocycles. The summed E-state index contributed by atoms with van der Waals surface area (Å²) in [5, 5.41) is 0. The van der Waals surface area contributed by atoms with Crippen LogP contribution in [0.5, 0.6) is 0 Å². The zero-order valence-corrected chi connectivity index (χ0v) is 14.8. The van der Waals surface area contributed by atoms with Gasteiger partial charge in [0.25, 0.3) is 0 Å². The molecule has 0 saturated carbocycles. The number of aryl methyl sites for hydroxylation is 1. The maximum Gasteiger partial charge on any atom is 0.246 e. The average Bonchev–Trinajstić information content (AvgIpc) is 2.59. The molecule has 1 aliphatic heterocycles. The minimum absolute atomic E-state index is 0.254. The highest BCUT2D eigenvalue weighted by Crippen LogP contribution is 2.22. The van der Waals surface area contributed by atoms with Crippen molar-refractivity contribution in [3.8, 4) is 0 Å². The number of benzene rings is 2. The first-order valence-electron chi connectivity index (χ1n) is 8.09. The first kappa shape index (κ1) is 18.0. The zero-order valence-electron chi connectivity index (χ0n) is 14.0. The van der Waals surface area contributed by atoms with E-state index in [-0.39, 0.29) is 13.1 Å². The fraction of sp³-hybridized carbons (Fsp3) is 0.333. The topological polar surface area (TPSA) is 40.6 Å². The van der Waals surface area contributed by atoms with Crippen LogP contribution >= 0.6 is 0 Å². The molecule has 0 amide bonds. The van der Waals surface area contributed by atoms with Crippen LogP contribution in [0, 0.1) is 18.6 Å². The molecule has 3 rings (SSSR count). The van der Waals surface area contributed by atoms with Crippen molar-refractivity contribution in [2.45, 2.75) is 18.4 Å². The lowest BCUT2D eigenvalue weighted by atomic mass is 10.1. The van der Waals surface area contributed by atoms with Gasteiger partial charge in [-0.3, -0.25) is 4.90 Å². The number of hydrogen-bond acceptors (Lipinski definition) is 3. The summed E-state index contributed by atoms with van der Waals surface area (Å²) in [5.41, 5.74) is 2.36. The Hall–Kier alpha value is -1.83. The van der Waals surface area contributed by atoms with Gasteiger partial charge in [0, 0.05) is 32.7 Å². The van der Waals surface area contributed by atoms with Crippen LogP contribution in [0.25, 0.3) is 0 Å². The second-order valence-corrected chi connectivity index (χ2v) is 8.15. The van der Waals surface area contributed by atoms with E-state index in [1.54, 1.807) is 0 Å². The van der Waals surface area contributed by atoms with Crippen molar-refractivity contribution < 1.29 is 17.2 Å². The average molecular weight is 366 g/mol. The van der Waals surface area contributed by atoms with Gasteiger partial charge in [-0.25, -0.2) is 17.2 Å². The second-order valence-electron chi connectivity index (χ2n) is 6.24. The van der Waals surface area contributed by atoms with Crippen LogP contribution in [0.3, 0.4) is 0 Å². The van der Waals surface area contributed by atoms with Gasteiger partial charge in [-0.2, -0.15) is 4.31 Å². The van der Waals surface area contributed by atoms with Gasteiger partial charge in [0.05, 0.1) is 0 Å². The van der Waals surface area contributed by atoms with E-state index in [1.165, 1.54) is 9.87 Å². The van der Waals surface area contributed by atoms with Crippen molar-refractivity contribution in [1.82, 2.24) is 9.21 Å². The zero-order chi connectivity index (χ0) is 18.0. The molecule has 0 unspecified atom stereocenters. The molecule has 0 aromatic heterocycles. The van der Waals surface area contributed by atoms with Crippen LogP contribution in [-0.4, -0.2) is 43.8 Å². The van der Waals surface area contributed by atoms with Crippen LogP contribution in [0.4, 0.5) is 8.78 Å². The summed E-state index contributed by atoms with van der Waals surface area (Å²) in [4.78, 5) is 1.55. The molecule has 1 saturated heterocycles. The van der Waals surface area contributed by atoms with Gasteiger partial charge < -0.3 is 0 Å². The summed E-state index contributed by atoms with van der Waals surface area (Å²) in [7, 11) is -4.03. The van der Waals surface area contributed by atoms with Gasteiger partial charge in [-0.15, -0.1) is 0 Å². The van der Waals surface area contributed by atoms with Crippen LogP contribution < -0.4 is 0 Å². The molecule has 134 valence electrons. The van der Waals surface area contributed by atoms with Gasteiger partial charge in [-0.1, -0.05) is 29.8 Å². The molecular weight excluding hydrogens is 346 g/mol. The molecule has 0 aliphatic carbocycles.